The molecule has 0 aromatic heterocycles. The lowest BCUT2D eigenvalue weighted by Crippen LogP contribution is -2.40. The Kier molecular flexibility index (Phi) is 3.29. The highest BCUT2D eigenvalue weighted by Crippen LogP contribution is 2.58. The van der Waals surface area contributed by atoms with Crippen LogP contribution in [0, 0.1) is 23.7 Å². The van der Waals surface area contributed by atoms with Crippen molar-refractivity contribution in [3.05, 3.63) is 33.8 Å². The Morgan fingerprint density at radius 3 is 2.24 bits per heavy atom. The van der Waals surface area contributed by atoms with Crippen LogP contribution in [0.5, 0.6) is 5.75 Å². The fourth-order valence-corrected chi connectivity index (χ4v) is 5.37. The molecule has 4 bridgehead atoms. The lowest BCUT2D eigenvalue weighted by molar-refractivity contribution is 0.0675. The van der Waals surface area contributed by atoms with Crippen molar-refractivity contribution in [1.82, 2.24) is 0 Å². The van der Waals surface area contributed by atoms with E-state index in [1.807, 2.05) is 18.2 Å². The van der Waals surface area contributed by atoms with E-state index in [1.165, 1.54) is 37.7 Å². The van der Waals surface area contributed by atoms with E-state index >= 15 is 0 Å². The SMILES string of the molecule is COC(=C1C2CC3CC(C2)CC1C3)c1ccc(Br)c(O)c1. The minimum absolute atomic E-state index is 0.284. The second-order valence-corrected chi connectivity index (χ2v) is 7.81. The molecular weight excluding hydrogens is 328 g/mol. The summed E-state index contributed by atoms with van der Waals surface area (Å²) in [5.41, 5.74) is 2.55. The number of benzene rings is 1. The summed E-state index contributed by atoms with van der Waals surface area (Å²) < 4.78 is 6.54. The molecule has 4 saturated carbocycles. The minimum Gasteiger partial charge on any atom is -0.507 e. The van der Waals surface area contributed by atoms with Crippen molar-refractivity contribution < 1.29 is 9.84 Å². The van der Waals surface area contributed by atoms with Gasteiger partial charge in [0.15, 0.2) is 0 Å². The van der Waals surface area contributed by atoms with Crippen molar-refractivity contribution >= 4 is 21.7 Å². The number of phenolic OH excluding ortho intramolecular Hbond substituents is 1. The van der Waals surface area contributed by atoms with Crippen molar-refractivity contribution in [3.63, 3.8) is 0 Å². The standard InChI is InChI=1S/C18H21BrO2/c1-21-18(12-2-3-15(19)16(20)9-12)17-13-5-10-4-11(7-13)8-14(17)6-10/h2-3,9-11,13-14,20H,4-8H2,1H3. The zero-order chi connectivity index (χ0) is 14.6. The Balaban J connectivity index is 1.79. The molecule has 4 fully saturated rings. The summed E-state index contributed by atoms with van der Waals surface area (Å²) in [5.74, 6) is 4.63. The molecule has 0 radical (unpaired) electrons. The van der Waals surface area contributed by atoms with Gasteiger partial charge in [0.2, 0.25) is 0 Å². The first-order chi connectivity index (χ1) is 10.2. The van der Waals surface area contributed by atoms with Gasteiger partial charge >= 0.3 is 0 Å². The number of methoxy groups -OCH3 is 1. The van der Waals surface area contributed by atoms with Crippen LogP contribution in [0.15, 0.2) is 28.2 Å². The fourth-order valence-electron chi connectivity index (χ4n) is 5.12. The number of ether oxygens (including phenoxy) is 1. The van der Waals surface area contributed by atoms with Crippen molar-refractivity contribution in [3.8, 4) is 5.75 Å². The Hall–Kier alpha value is -0.960. The molecule has 0 amide bonds. The summed E-state index contributed by atoms with van der Waals surface area (Å²) in [7, 11) is 1.77. The molecule has 1 aromatic rings. The van der Waals surface area contributed by atoms with Gasteiger partial charge in [-0.15, -0.1) is 0 Å². The minimum atomic E-state index is 0.284. The molecule has 0 unspecified atom stereocenters. The summed E-state index contributed by atoms with van der Waals surface area (Å²) in [5, 5.41) is 9.97. The predicted molar refractivity (Wildman–Crippen MR) is 86.8 cm³/mol. The first kappa shape index (κ1) is 13.7. The van der Waals surface area contributed by atoms with E-state index in [-0.39, 0.29) is 5.75 Å². The van der Waals surface area contributed by atoms with E-state index in [0.29, 0.717) is 11.8 Å². The van der Waals surface area contributed by atoms with Gasteiger partial charge in [-0.1, -0.05) is 0 Å². The predicted octanol–water partition coefficient (Wildman–Crippen LogP) is 4.97. The van der Waals surface area contributed by atoms with Crippen LogP contribution in [0.4, 0.5) is 0 Å². The first-order valence-corrected chi connectivity index (χ1v) is 8.72. The molecule has 1 aromatic carbocycles. The highest BCUT2D eigenvalue weighted by Gasteiger charge is 2.46. The third-order valence-electron chi connectivity index (χ3n) is 5.69. The van der Waals surface area contributed by atoms with E-state index in [9.17, 15) is 5.11 Å². The second-order valence-electron chi connectivity index (χ2n) is 6.96. The molecule has 0 heterocycles. The van der Waals surface area contributed by atoms with Gasteiger partial charge in [0, 0.05) is 5.56 Å². The van der Waals surface area contributed by atoms with Gasteiger partial charge in [0.25, 0.3) is 0 Å². The maximum Gasteiger partial charge on any atom is 0.130 e. The van der Waals surface area contributed by atoms with E-state index < -0.39 is 0 Å². The summed E-state index contributed by atoms with van der Waals surface area (Å²) in [6.45, 7) is 0. The van der Waals surface area contributed by atoms with Gasteiger partial charge < -0.3 is 9.84 Å². The first-order valence-electron chi connectivity index (χ1n) is 7.92. The van der Waals surface area contributed by atoms with Crippen LogP contribution in [0.1, 0.15) is 37.7 Å². The van der Waals surface area contributed by atoms with Crippen molar-refractivity contribution in [2.75, 3.05) is 7.11 Å². The highest BCUT2D eigenvalue weighted by molar-refractivity contribution is 9.10. The van der Waals surface area contributed by atoms with Gasteiger partial charge in [0.05, 0.1) is 11.6 Å². The van der Waals surface area contributed by atoms with Crippen LogP contribution >= 0.6 is 15.9 Å². The smallest absolute Gasteiger partial charge is 0.130 e. The monoisotopic (exact) mass is 348 g/mol. The number of allylic oxidation sites excluding steroid dienone is 1. The number of hydrogen-bond acceptors (Lipinski definition) is 2. The Morgan fingerprint density at radius 1 is 1.10 bits per heavy atom. The van der Waals surface area contributed by atoms with Crippen LogP contribution < -0.4 is 0 Å². The zero-order valence-corrected chi connectivity index (χ0v) is 13.9. The topological polar surface area (TPSA) is 29.5 Å². The summed E-state index contributed by atoms with van der Waals surface area (Å²) in [6.07, 6.45) is 6.84. The van der Waals surface area contributed by atoms with Gasteiger partial charge in [0.1, 0.15) is 11.5 Å². The molecule has 4 aliphatic carbocycles. The van der Waals surface area contributed by atoms with E-state index in [0.717, 1.165) is 27.6 Å². The molecule has 0 aliphatic heterocycles. The number of aromatic hydroxyl groups is 1. The number of rotatable bonds is 2. The third-order valence-corrected chi connectivity index (χ3v) is 6.36. The molecule has 21 heavy (non-hydrogen) atoms. The average Bonchev–Trinajstić information content (AvgIpc) is 2.45. The molecule has 5 rings (SSSR count). The maximum atomic E-state index is 9.97. The zero-order valence-electron chi connectivity index (χ0n) is 12.3. The molecule has 3 heteroatoms. The van der Waals surface area contributed by atoms with Gasteiger partial charge in [-0.2, -0.15) is 0 Å². The van der Waals surface area contributed by atoms with Gasteiger partial charge in [-0.05, 0) is 95.5 Å². The highest BCUT2D eigenvalue weighted by atomic mass is 79.9. The molecule has 0 spiro atoms. The number of halogens is 1. The Morgan fingerprint density at radius 2 is 1.71 bits per heavy atom. The lowest BCUT2D eigenvalue weighted by Gasteiger charge is -2.51. The van der Waals surface area contributed by atoms with E-state index in [4.69, 9.17) is 4.74 Å². The van der Waals surface area contributed by atoms with Crippen LogP contribution in [0.2, 0.25) is 0 Å². The van der Waals surface area contributed by atoms with E-state index in [2.05, 4.69) is 15.9 Å². The maximum absolute atomic E-state index is 9.97. The van der Waals surface area contributed by atoms with Crippen molar-refractivity contribution in [2.24, 2.45) is 23.7 Å². The Labute approximate surface area is 134 Å². The Bertz CT molecular complexity index is 575. The normalized spacial score (nSPS) is 33.3. The van der Waals surface area contributed by atoms with Crippen LogP contribution in [0.3, 0.4) is 0 Å². The molecule has 0 saturated heterocycles. The molecule has 1 N–H and O–H groups in total. The average molecular weight is 349 g/mol. The lowest BCUT2D eigenvalue weighted by atomic mass is 9.54. The van der Waals surface area contributed by atoms with Crippen molar-refractivity contribution in [2.45, 2.75) is 32.1 Å². The largest absolute Gasteiger partial charge is 0.507 e. The quantitative estimate of drug-likeness (QED) is 0.764. The summed E-state index contributed by atoms with van der Waals surface area (Å²) in [4.78, 5) is 0. The molecular formula is C18H21BrO2. The van der Waals surface area contributed by atoms with Gasteiger partial charge in [-0.3, -0.25) is 0 Å². The third kappa shape index (κ3) is 2.21. The molecule has 4 aliphatic rings. The number of hydrogen-bond donors (Lipinski definition) is 1. The van der Waals surface area contributed by atoms with Crippen LogP contribution in [0.25, 0.3) is 5.76 Å². The number of phenols is 1. The van der Waals surface area contributed by atoms with Crippen LogP contribution in [-0.2, 0) is 4.74 Å². The molecule has 0 atom stereocenters. The second kappa shape index (κ2) is 5.05. The summed E-state index contributed by atoms with van der Waals surface area (Å²) >= 11 is 3.35. The molecule has 2 nitrogen and oxygen atoms in total. The van der Waals surface area contributed by atoms with Gasteiger partial charge in [-0.25, -0.2) is 0 Å². The summed E-state index contributed by atoms with van der Waals surface area (Å²) in [6, 6.07) is 5.77. The fraction of sp³-hybridized carbons (Fsp3) is 0.556. The molecule has 112 valence electrons. The van der Waals surface area contributed by atoms with Crippen LogP contribution in [-0.4, -0.2) is 12.2 Å². The van der Waals surface area contributed by atoms with Crippen molar-refractivity contribution in [1.29, 1.82) is 0 Å². The van der Waals surface area contributed by atoms with E-state index in [1.54, 1.807) is 7.11 Å².